The summed E-state index contributed by atoms with van der Waals surface area (Å²) in [6, 6.07) is 9.82. The predicted octanol–water partition coefficient (Wildman–Crippen LogP) is 3.43. The lowest BCUT2D eigenvalue weighted by molar-refractivity contribution is 0.0968. The van der Waals surface area contributed by atoms with Crippen molar-refractivity contribution in [3.63, 3.8) is 0 Å². The number of benzene rings is 2. The van der Waals surface area contributed by atoms with Crippen LogP contribution in [-0.4, -0.2) is 36.7 Å². The van der Waals surface area contributed by atoms with Crippen molar-refractivity contribution in [2.75, 3.05) is 17.2 Å². The zero-order valence-electron chi connectivity index (χ0n) is 18.4. The molecule has 1 atom stereocenters. The topological polar surface area (TPSA) is 104 Å². The lowest BCUT2D eigenvalue weighted by atomic mass is 10.0. The zero-order valence-corrected chi connectivity index (χ0v) is 18.4. The number of nitrogen functional groups attached to an aromatic ring is 1. The third-order valence-electron chi connectivity index (χ3n) is 6.15. The van der Waals surface area contributed by atoms with E-state index in [1.807, 2.05) is 31.2 Å². The van der Waals surface area contributed by atoms with Gasteiger partial charge in [0.2, 0.25) is 0 Å². The number of carbonyl (C=O) groups is 1. The minimum atomic E-state index is -0.692. The molecule has 0 radical (unpaired) electrons. The molecule has 3 aromatic heterocycles. The van der Waals surface area contributed by atoms with Crippen molar-refractivity contribution in [3.05, 3.63) is 77.8 Å². The molecule has 2 N–H and O–H groups in total. The summed E-state index contributed by atoms with van der Waals surface area (Å²) < 4.78 is 24.6. The van der Waals surface area contributed by atoms with Gasteiger partial charge in [-0.15, -0.1) is 0 Å². The van der Waals surface area contributed by atoms with Crippen LogP contribution in [0.1, 0.15) is 27.8 Å². The Hall–Kier alpha value is -4.47. The predicted molar refractivity (Wildman–Crippen MR) is 124 cm³/mol. The van der Waals surface area contributed by atoms with E-state index in [1.54, 1.807) is 34.7 Å². The van der Waals surface area contributed by atoms with Crippen LogP contribution in [0.25, 0.3) is 16.6 Å². The number of imidazole rings is 1. The normalized spacial score (nSPS) is 15.0. The maximum atomic E-state index is 15.4. The largest absolute Gasteiger partial charge is 0.491 e. The van der Waals surface area contributed by atoms with Crippen molar-refractivity contribution >= 4 is 34.0 Å². The Kier molecular flexibility index (Phi) is 4.31. The van der Waals surface area contributed by atoms with Gasteiger partial charge in [-0.05, 0) is 19.1 Å². The molecular formula is C24H20FN7O2. The number of amides is 1. The monoisotopic (exact) mass is 457 g/mol. The molecule has 6 rings (SSSR count). The molecule has 0 fully saturated rings. The third-order valence-corrected chi connectivity index (χ3v) is 6.15. The minimum absolute atomic E-state index is 0.0956. The number of nitrogens with two attached hydrogens (primary N) is 1. The maximum absolute atomic E-state index is 15.4. The number of hydrogen-bond acceptors (Lipinski definition) is 6. The van der Waals surface area contributed by atoms with Crippen molar-refractivity contribution in [3.8, 4) is 5.75 Å². The number of fused-ring (bicyclic) bond motifs is 4. The van der Waals surface area contributed by atoms with Gasteiger partial charge < -0.3 is 10.5 Å². The molecule has 170 valence electrons. The van der Waals surface area contributed by atoms with E-state index in [0.717, 1.165) is 5.56 Å². The highest BCUT2D eigenvalue weighted by Crippen LogP contribution is 2.39. The summed E-state index contributed by atoms with van der Waals surface area (Å²) in [6.45, 7) is 2.06. The Morgan fingerprint density at radius 3 is 2.85 bits per heavy atom. The van der Waals surface area contributed by atoms with E-state index in [9.17, 15) is 4.79 Å². The number of anilines is 2. The van der Waals surface area contributed by atoms with Gasteiger partial charge in [-0.2, -0.15) is 5.10 Å². The van der Waals surface area contributed by atoms with Crippen molar-refractivity contribution in [1.29, 1.82) is 0 Å². The van der Waals surface area contributed by atoms with Crippen molar-refractivity contribution in [2.24, 2.45) is 7.05 Å². The molecule has 1 aliphatic heterocycles. The third kappa shape index (κ3) is 2.92. The van der Waals surface area contributed by atoms with Crippen molar-refractivity contribution in [1.82, 2.24) is 24.1 Å². The van der Waals surface area contributed by atoms with Gasteiger partial charge >= 0.3 is 0 Å². The standard InChI is InChI=1S/C24H20FN7O2/c1-13-27-10-20-23(26)29-18-8-17(25)16(7-19(18)31(13)20)24(33)32(14-9-28-30(2)11-14)21-12-34-22-6-4-3-5-15(21)22/h3-11,21H,12H2,1-2H3,(H2,26,29). The smallest absolute Gasteiger partial charge is 0.262 e. The van der Waals surface area contributed by atoms with E-state index in [-0.39, 0.29) is 18.0 Å². The molecule has 4 heterocycles. The average molecular weight is 457 g/mol. The van der Waals surface area contributed by atoms with Crippen LogP contribution in [0.15, 0.2) is 55.0 Å². The molecule has 1 unspecified atom stereocenters. The molecule has 2 aromatic carbocycles. The summed E-state index contributed by atoms with van der Waals surface area (Å²) in [6.07, 6.45) is 4.91. The molecule has 9 nitrogen and oxygen atoms in total. The Morgan fingerprint density at radius 1 is 1.24 bits per heavy atom. The first-order valence-corrected chi connectivity index (χ1v) is 10.7. The molecule has 10 heteroatoms. The van der Waals surface area contributed by atoms with Gasteiger partial charge in [0.25, 0.3) is 5.91 Å². The number of rotatable bonds is 3. The number of aryl methyl sites for hydroxylation is 2. The molecule has 1 aliphatic rings. The summed E-state index contributed by atoms with van der Waals surface area (Å²) >= 11 is 0. The second-order valence-corrected chi connectivity index (χ2v) is 8.26. The van der Waals surface area contributed by atoms with Crippen LogP contribution >= 0.6 is 0 Å². The van der Waals surface area contributed by atoms with Gasteiger partial charge in [-0.3, -0.25) is 18.8 Å². The van der Waals surface area contributed by atoms with Crippen LogP contribution < -0.4 is 15.4 Å². The summed E-state index contributed by atoms with van der Waals surface area (Å²) in [7, 11) is 1.76. The second kappa shape index (κ2) is 7.27. The first kappa shape index (κ1) is 20.2. The molecule has 0 spiro atoms. The van der Waals surface area contributed by atoms with Gasteiger partial charge in [0, 0.05) is 24.9 Å². The summed E-state index contributed by atoms with van der Waals surface area (Å²) in [5.74, 6) is 0.385. The zero-order chi connectivity index (χ0) is 23.6. The van der Waals surface area contributed by atoms with E-state index in [4.69, 9.17) is 10.5 Å². The average Bonchev–Trinajstić information content (AvgIpc) is 3.54. The molecule has 5 aromatic rings. The fourth-order valence-electron chi connectivity index (χ4n) is 4.56. The lowest BCUT2D eigenvalue weighted by Crippen LogP contribution is -2.36. The fourth-order valence-corrected chi connectivity index (χ4v) is 4.56. The van der Waals surface area contributed by atoms with Crippen LogP contribution in [0.4, 0.5) is 15.9 Å². The first-order chi connectivity index (χ1) is 16.4. The van der Waals surface area contributed by atoms with Gasteiger partial charge in [-0.25, -0.2) is 14.4 Å². The van der Waals surface area contributed by atoms with Gasteiger partial charge in [0.1, 0.15) is 35.3 Å². The summed E-state index contributed by atoms with van der Waals surface area (Å²) in [5, 5.41) is 4.22. The highest BCUT2D eigenvalue weighted by Gasteiger charge is 2.36. The molecular weight excluding hydrogens is 437 g/mol. The van der Waals surface area contributed by atoms with E-state index in [2.05, 4.69) is 15.1 Å². The molecule has 0 saturated carbocycles. The van der Waals surface area contributed by atoms with Crippen LogP contribution in [0.3, 0.4) is 0 Å². The number of ether oxygens (including phenoxy) is 1. The Bertz CT molecular complexity index is 1610. The molecule has 0 aliphatic carbocycles. The number of hydrogen-bond donors (Lipinski definition) is 1. The lowest BCUT2D eigenvalue weighted by Gasteiger charge is -2.27. The Labute approximate surface area is 193 Å². The van der Waals surface area contributed by atoms with Gasteiger partial charge in [-0.1, -0.05) is 18.2 Å². The van der Waals surface area contributed by atoms with Crippen molar-refractivity contribution in [2.45, 2.75) is 13.0 Å². The molecule has 0 saturated heterocycles. The summed E-state index contributed by atoms with van der Waals surface area (Å²) in [5.41, 5.74) is 8.81. The van der Waals surface area contributed by atoms with Crippen LogP contribution in [0.5, 0.6) is 5.75 Å². The van der Waals surface area contributed by atoms with E-state index in [1.165, 1.54) is 17.0 Å². The quantitative estimate of drug-likeness (QED) is 0.445. The number of halogens is 1. The number of carbonyl (C=O) groups excluding carboxylic acids is 1. The fraction of sp³-hybridized carbons (Fsp3) is 0.167. The maximum Gasteiger partial charge on any atom is 0.262 e. The number of para-hydroxylation sites is 1. The Morgan fingerprint density at radius 2 is 2.06 bits per heavy atom. The Balaban J connectivity index is 1.55. The van der Waals surface area contributed by atoms with E-state index >= 15 is 4.39 Å². The molecule has 34 heavy (non-hydrogen) atoms. The SMILES string of the molecule is Cc1ncc2c(N)nc3cc(F)c(C(=O)N(c4cnn(C)c4)C4COc5ccccc54)cc3n12. The van der Waals surface area contributed by atoms with Crippen LogP contribution in [0, 0.1) is 12.7 Å². The highest BCUT2D eigenvalue weighted by molar-refractivity contribution is 6.08. The van der Waals surface area contributed by atoms with Gasteiger partial charge in [0.05, 0.1) is 40.7 Å². The van der Waals surface area contributed by atoms with Crippen molar-refractivity contribution < 1.29 is 13.9 Å². The van der Waals surface area contributed by atoms with Crippen LogP contribution in [0.2, 0.25) is 0 Å². The second-order valence-electron chi connectivity index (χ2n) is 8.26. The van der Waals surface area contributed by atoms with Crippen LogP contribution in [-0.2, 0) is 7.05 Å². The van der Waals surface area contributed by atoms with E-state index in [0.29, 0.717) is 33.8 Å². The minimum Gasteiger partial charge on any atom is -0.491 e. The number of nitrogens with zero attached hydrogens (tertiary/aromatic N) is 6. The summed E-state index contributed by atoms with van der Waals surface area (Å²) in [4.78, 5) is 24.1. The van der Waals surface area contributed by atoms with Gasteiger partial charge in [0.15, 0.2) is 0 Å². The number of aromatic nitrogens is 5. The molecule has 0 bridgehead atoms. The highest BCUT2D eigenvalue weighted by atomic mass is 19.1. The van der Waals surface area contributed by atoms with E-state index < -0.39 is 17.8 Å². The molecule has 1 amide bonds. The first-order valence-electron chi connectivity index (χ1n) is 10.7.